The number of halogens is 5. The van der Waals surface area contributed by atoms with Gasteiger partial charge in [0.15, 0.2) is 0 Å². The summed E-state index contributed by atoms with van der Waals surface area (Å²) in [7, 11) is 0. The zero-order valence-electron chi connectivity index (χ0n) is 18.8. The van der Waals surface area contributed by atoms with Crippen molar-refractivity contribution in [1.29, 1.82) is 0 Å². The van der Waals surface area contributed by atoms with Crippen LogP contribution in [0.25, 0.3) is 0 Å². The van der Waals surface area contributed by atoms with Crippen molar-refractivity contribution in [2.75, 3.05) is 13.2 Å². The maximum Gasteiger partial charge on any atom is 0.417 e. The fraction of sp³-hybridized carbons (Fsp3) is 0.542. The number of rotatable bonds is 13. The summed E-state index contributed by atoms with van der Waals surface area (Å²) in [5, 5.41) is 2.25. The van der Waals surface area contributed by atoms with Crippen LogP contribution in [0.4, 0.5) is 13.2 Å². The fourth-order valence-corrected chi connectivity index (χ4v) is 3.31. The number of carbonyl (C=O) groups excluding carboxylic acids is 1. The van der Waals surface area contributed by atoms with Gasteiger partial charge in [0.1, 0.15) is 0 Å². The molecular formula is C24H32Cl2F3NO2. The smallest absolute Gasteiger partial charge is 0.377 e. The van der Waals surface area contributed by atoms with Crippen molar-refractivity contribution in [2.24, 2.45) is 5.92 Å². The molecule has 0 aliphatic carbocycles. The average Bonchev–Trinajstić information content (AvgIpc) is 2.69. The van der Waals surface area contributed by atoms with Gasteiger partial charge in [-0.15, -0.1) is 0 Å². The minimum absolute atomic E-state index is 0.0688. The largest absolute Gasteiger partial charge is 0.417 e. The van der Waals surface area contributed by atoms with E-state index in [4.69, 9.17) is 27.9 Å². The molecule has 1 N–H and O–H groups in total. The SMILES string of the molecule is CC(/C=C/CCCCCCOCc1ccc(C(F)(F)F)c(Cl)c1Cl)=C\C(=O)NCC(C)C. The van der Waals surface area contributed by atoms with E-state index in [0.29, 0.717) is 24.6 Å². The second kappa shape index (κ2) is 14.6. The molecule has 0 aliphatic heterocycles. The Labute approximate surface area is 199 Å². The monoisotopic (exact) mass is 493 g/mol. The zero-order valence-corrected chi connectivity index (χ0v) is 20.3. The molecule has 0 aliphatic rings. The van der Waals surface area contributed by atoms with E-state index in [9.17, 15) is 18.0 Å². The number of ether oxygens (including phenoxy) is 1. The van der Waals surface area contributed by atoms with Crippen LogP contribution in [0, 0.1) is 5.92 Å². The molecule has 32 heavy (non-hydrogen) atoms. The van der Waals surface area contributed by atoms with Crippen LogP contribution in [0.5, 0.6) is 0 Å². The topological polar surface area (TPSA) is 38.3 Å². The molecule has 0 atom stereocenters. The molecule has 0 bridgehead atoms. The molecule has 0 fully saturated rings. The number of carbonyl (C=O) groups is 1. The lowest BCUT2D eigenvalue weighted by Gasteiger charge is -2.13. The van der Waals surface area contributed by atoms with E-state index in [1.165, 1.54) is 6.07 Å². The van der Waals surface area contributed by atoms with Crippen LogP contribution >= 0.6 is 23.2 Å². The first-order valence-corrected chi connectivity index (χ1v) is 11.5. The van der Waals surface area contributed by atoms with Crippen molar-refractivity contribution in [1.82, 2.24) is 5.32 Å². The summed E-state index contributed by atoms with van der Waals surface area (Å²) in [4.78, 5) is 11.7. The maximum atomic E-state index is 12.8. The van der Waals surface area contributed by atoms with Gasteiger partial charge in [-0.1, -0.05) is 68.1 Å². The van der Waals surface area contributed by atoms with Crippen molar-refractivity contribution in [3.05, 3.63) is 57.1 Å². The molecule has 3 nitrogen and oxygen atoms in total. The van der Waals surface area contributed by atoms with Crippen LogP contribution in [0.2, 0.25) is 10.0 Å². The number of amides is 1. The second-order valence-electron chi connectivity index (χ2n) is 8.08. The molecule has 0 aromatic heterocycles. The number of allylic oxidation sites excluding steroid dienone is 3. The maximum absolute atomic E-state index is 12.8. The lowest BCUT2D eigenvalue weighted by atomic mass is 10.1. The van der Waals surface area contributed by atoms with E-state index in [-0.39, 0.29) is 17.5 Å². The Balaban J connectivity index is 2.19. The highest BCUT2D eigenvalue weighted by Gasteiger charge is 2.34. The minimum Gasteiger partial charge on any atom is -0.377 e. The van der Waals surface area contributed by atoms with Gasteiger partial charge in [-0.3, -0.25) is 4.79 Å². The molecule has 180 valence electrons. The van der Waals surface area contributed by atoms with Crippen molar-refractivity contribution in [3.8, 4) is 0 Å². The van der Waals surface area contributed by atoms with Crippen LogP contribution in [0.3, 0.4) is 0 Å². The number of hydrogen-bond donors (Lipinski definition) is 1. The lowest BCUT2D eigenvalue weighted by molar-refractivity contribution is -0.137. The van der Waals surface area contributed by atoms with Crippen molar-refractivity contribution in [2.45, 2.75) is 65.7 Å². The van der Waals surface area contributed by atoms with Gasteiger partial charge in [-0.25, -0.2) is 0 Å². The molecular weight excluding hydrogens is 462 g/mol. The van der Waals surface area contributed by atoms with Gasteiger partial charge < -0.3 is 10.1 Å². The van der Waals surface area contributed by atoms with Gasteiger partial charge in [0, 0.05) is 19.2 Å². The molecule has 0 heterocycles. The molecule has 0 unspecified atom stereocenters. The van der Waals surface area contributed by atoms with Crippen molar-refractivity contribution in [3.63, 3.8) is 0 Å². The second-order valence-corrected chi connectivity index (χ2v) is 8.84. The zero-order chi connectivity index (χ0) is 24.1. The number of unbranched alkanes of at least 4 members (excludes halogenated alkanes) is 4. The predicted molar refractivity (Wildman–Crippen MR) is 125 cm³/mol. The van der Waals surface area contributed by atoms with Crippen LogP contribution in [-0.4, -0.2) is 19.1 Å². The minimum atomic E-state index is -4.54. The summed E-state index contributed by atoms with van der Waals surface area (Å²) in [5.74, 6) is 0.357. The molecule has 0 saturated carbocycles. The quantitative estimate of drug-likeness (QED) is 0.173. The first-order valence-electron chi connectivity index (χ1n) is 10.8. The highest BCUT2D eigenvalue weighted by Crippen LogP contribution is 2.39. The van der Waals surface area contributed by atoms with Gasteiger partial charge in [-0.2, -0.15) is 13.2 Å². The third kappa shape index (κ3) is 11.4. The summed E-state index contributed by atoms with van der Waals surface area (Å²) in [6.07, 6.45) is 5.93. The summed E-state index contributed by atoms with van der Waals surface area (Å²) in [6, 6.07) is 2.23. The number of alkyl halides is 3. The predicted octanol–water partition coefficient (Wildman–Crippen LogP) is 7.75. The first-order chi connectivity index (χ1) is 15.0. The summed E-state index contributed by atoms with van der Waals surface area (Å²) >= 11 is 11.7. The molecule has 0 saturated heterocycles. The third-order valence-corrected chi connectivity index (χ3v) is 5.48. The summed E-state index contributed by atoms with van der Waals surface area (Å²) in [5.41, 5.74) is 0.417. The van der Waals surface area contributed by atoms with Crippen LogP contribution in [0.15, 0.2) is 35.9 Å². The number of hydrogen-bond acceptors (Lipinski definition) is 2. The Kier molecular flexibility index (Phi) is 13.0. The van der Waals surface area contributed by atoms with Gasteiger partial charge >= 0.3 is 6.18 Å². The van der Waals surface area contributed by atoms with Crippen LogP contribution < -0.4 is 5.32 Å². The Morgan fingerprint density at radius 1 is 1.12 bits per heavy atom. The van der Waals surface area contributed by atoms with Crippen molar-refractivity contribution >= 4 is 29.1 Å². The molecule has 1 aromatic carbocycles. The molecule has 0 spiro atoms. The van der Waals surface area contributed by atoms with E-state index in [2.05, 4.69) is 11.4 Å². The standard InChI is InChI=1S/C24H32Cl2F3NO2/c1-17(2)15-30-21(31)14-18(3)10-8-6-4-5-7-9-13-32-16-19-11-12-20(24(27,28)29)23(26)22(19)25/h8,10-12,14,17H,4-7,9,13,15-16H2,1-3H3,(H,30,31)/b10-8+,18-14+. The molecule has 1 aromatic rings. The molecule has 8 heteroatoms. The van der Waals surface area contributed by atoms with Gasteiger partial charge in [0.2, 0.25) is 5.91 Å². The third-order valence-electron chi connectivity index (χ3n) is 4.56. The normalized spacial score (nSPS) is 12.7. The first kappa shape index (κ1) is 28.5. The van der Waals surface area contributed by atoms with E-state index in [0.717, 1.165) is 43.7 Å². The Bertz CT molecular complexity index is 790. The summed E-state index contributed by atoms with van der Waals surface area (Å²) < 4.78 is 44.0. The van der Waals surface area contributed by atoms with Crippen LogP contribution in [0.1, 0.15) is 64.0 Å². The van der Waals surface area contributed by atoms with E-state index >= 15 is 0 Å². The van der Waals surface area contributed by atoms with E-state index in [1.54, 1.807) is 6.08 Å². The van der Waals surface area contributed by atoms with Crippen molar-refractivity contribution < 1.29 is 22.7 Å². The van der Waals surface area contributed by atoms with E-state index < -0.39 is 16.8 Å². The van der Waals surface area contributed by atoms with E-state index in [1.807, 2.05) is 26.8 Å². The number of nitrogens with one attached hydrogen (secondary N) is 1. The van der Waals surface area contributed by atoms with Gasteiger partial charge in [0.25, 0.3) is 0 Å². The Hall–Kier alpha value is -1.50. The van der Waals surface area contributed by atoms with Gasteiger partial charge in [-0.05, 0) is 49.3 Å². The summed E-state index contributed by atoms with van der Waals surface area (Å²) in [6.45, 7) is 7.29. The van der Waals surface area contributed by atoms with Gasteiger partial charge in [0.05, 0.1) is 22.2 Å². The molecule has 1 rings (SSSR count). The van der Waals surface area contributed by atoms with Crippen LogP contribution in [-0.2, 0) is 22.3 Å². The highest BCUT2D eigenvalue weighted by molar-refractivity contribution is 6.43. The fourth-order valence-electron chi connectivity index (χ4n) is 2.80. The highest BCUT2D eigenvalue weighted by atomic mass is 35.5. The average molecular weight is 494 g/mol. The number of benzene rings is 1. The molecule has 0 radical (unpaired) electrons. The lowest BCUT2D eigenvalue weighted by Crippen LogP contribution is -2.25. The Morgan fingerprint density at radius 2 is 1.81 bits per heavy atom. The molecule has 1 amide bonds. The Morgan fingerprint density at radius 3 is 2.47 bits per heavy atom.